The average Bonchev–Trinajstić information content (AvgIpc) is 3.51. The van der Waals surface area contributed by atoms with E-state index in [9.17, 15) is 40.7 Å². The van der Waals surface area contributed by atoms with Gasteiger partial charge in [-0.15, -0.1) is 0 Å². The van der Waals surface area contributed by atoms with Gasteiger partial charge in [-0.3, -0.25) is 14.4 Å². The molecule has 0 aromatic carbocycles. The van der Waals surface area contributed by atoms with Crippen LogP contribution in [0.5, 0.6) is 0 Å². The van der Waals surface area contributed by atoms with E-state index in [2.05, 4.69) is 4.74 Å². The molecule has 0 aromatic heterocycles. The third kappa shape index (κ3) is 3.10. The minimum Gasteiger partial charge on any atom is -0.458 e. The Kier molecular flexibility index (Phi) is 5.04. The van der Waals surface area contributed by atoms with Crippen molar-refractivity contribution in [3.8, 4) is 0 Å². The molecule has 0 aromatic rings. The second-order valence-corrected chi connectivity index (χ2v) is 9.04. The minimum atomic E-state index is -5.96. The van der Waals surface area contributed by atoms with Gasteiger partial charge in [0.25, 0.3) is 6.10 Å². The van der Waals surface area contributed by atoms with Crippen LogP contribution in [0.1, 0.15) is 12.8 Å². The molecule has 0 amide bonds. The summed E-state index contributed by atoms with van der Waals surface area (Å²) in [5.74, 6) is -6.72. The van der Waals surface area contributed by atoms with Gasteiger partial charge in [0.1, 0.15) is 12.2 Å². The third-order valence-corrected chi connectivity index (χ3v) is 7.37. The zero-order valence-electron chi connectivity index (χ0n) is 17.3. The van der Waals surface area contributed by atoms with Gasteiger partial charge in [-0.05, 0) is 12.8 Å². The molecule has 2 saturated carbocycles. The Bertz CT molecular complexity index is 932. The Morgan fingerprint density at radius 2 is 1.79 bits per heavy atom. The van der Waals surface area contributed by atoms with Gasteiger partial charge in [-0.1, -0.05) is 12.2 Å². The Morgan fingerprint density at radius 3 is 2.32 bits per heavy atom. The summed E-state index contributed by atoms with van der Waals surface area (Å²) in [4.78, 5) is 38.3. The summed E-state index contributed by atoms with van der Waals surface area (Å²) >= 11 is 0. The van der Waals surface area contributed by atoms with E-state index in [4.69, 9.17) is 18.9 Å². The molecule has 4 fully saturated rings. The quantitative estimate of drug-likeness (QED) is 0.186. The van der Waals surface area contributed by atoms with E-state index in [0.29, 0.717) is 6.42 Å². The summed E-state index contributed by atoms with van der Waals surface area (Å²) < 4.78 is 103. The Hall–Kier alpha value is -2.35. The van der Waals surface area contributed by atoms with E-state index in [1.807, 2.05) is 0 Å². The number of ether oxygens (including phenoxy) is 5. The monoisotopic (exact) mass is 500 g/mol. The van der Waals surface area contributed by atoms with Gasteiger partial charge in [-0.25, -0.2) is 0 Å². The van der Waals surface area contributed by atoms with Crippen LogP contribution < -0.4 is 0 Å². The van der Waals surface area contributed by atoms with Gasteiger partial charge in [0.2, 0.25) is 0 Å². The van der Waals surface area contributed by atoms with Crippen LogP contribution in [0.2, 0.25) is 0 Å². The first-order valence-electron chi connectivity index (χ1n) is 10.4. The Labute approximate surface area is 187 Å². The molecule has 5 aliphatic rings. The van der Waals surface area contributed by atoms with Gasteiger partial charge < -0.3 is 23.7 Å². The number of carbonyl (C=O) groups excluding carboxylic acids is 3. The van der Waals surface area contributed by atoms with E-state index in [0.717, 1.165) is 7.11 Å². The largest absolute Gasteiger partial charge is 0.458 e. The van der Waals surface area contributed by atoms with Crippen molar-refractivity contribution in [3.63, 3.8) is 0 Å². The normalized spacial score (nSPS) is 41.9. The van der Waals surface area contributed by atoms with Crippen molar-refractivity contribution in [2.24, 2.45) is 23.2 Å². The van der Waals surface area contributed by atoms with Crippen molar-refractivity contribution in [2.45, 2.75) is 61.8 Å². The number of halogens is 6. The van der Waals surface area contributed by atoms with E-state index in [-0.39, 0.29) is 12.5 Å². The van der Waals surface area contributed by atoms with Crippen molar-refractivity contribution in [1.82, 2.24) is 0 Å². The maximum Gasteiger partial charge on any atom is 0.434 e. The van der Waals surface area contributed by atoms with Crippen molar-refractivity contribution >= 4 is 17.9 Å². The zero-order chi connectivity index (χ0) is 24.8. The summed E-state index contributed by atoms with van der Waals surface area (Å²) in [6, 6.07) is 0. The zero-order valence-corrected chi connectivity index (χ0v) is 17.3. The van der Waals surface area contributed by atoms with Crippen LogP contribution in [0.15, 0.2) is 12.2 Å². The molecule has 9 atom stereocenters. The number of hydrogen-bond donors (Lipinski definition) is 0. The van der Waals surface area contributed by atoms with Crippen molar-refractivity contribution in [2.75, 3.05) is 7.11 Å². The minimum absolute atomic E-state index is 0.0578. The van der Waals surface area contributed by atoms with Crippen LogP contribution in [0.25, 0.3) is 0 Å². The van der Waals surface area contributed by atoms with Crippen LogP contribution >= 0.6 is 0 Å². The number of hydrogen-bond acceptors (Lipinski definition) is 8. The van der Waals surface area contributed by atoms with Gasteiger partial charge in [0.05, 0.1) is 24.2 Å². The van der Waals surface area contributed by atoms with E-state index >= 15 is 0 Å². The Balaban J connectivity index is 1.39. The highest BCUT2D eigenvalue weighted by atomic mass is 19.4. The molecule has 34 heavy (non-hydrogen) atoms. The van der Waals surface area contributed by atoms with Crippen LogP contribution in [0.4, 0.5) is 26.3 Å². The highest BCUT2D eigenvalue weighted by Crippen LogP contribution is 2.64. The Morgan fingerprint density at radius 1 is 1.12 bits per heavy atom. The highest BCUT2D eigenvalue weighted by molar-refractivity contribution is 6.04. The molecule has 0 spiro atoms. The third-order valence-electron chi connectivity index (χ3n) is 7.37. The van der Waals surface area contributed by atoms with Crippen LogP contribution in [-0.2, 0) is 38.1 Å². The fourth-order valence-corrected chi connectivity index (χ4v) is 6.08. The molecule has 0 N–H and O–H groups in total. The van der Waals surface area contributed by atoms with Gasteiger partial charge >= 0.3 is 30.3 Å². The lowest BCUT2D eigenvalue weighted by molar-refractivity contribution is -0.316. The summed E-state index contributed by atoms with van der Waals surface area (Å²) in [6.45, 7) is 0. The fourth-order valence-electron chi connectivity index (χ4n) is 6.08. The molecule has 14 heteroatoms. The van der Waals surface area contributed by atoms with E-state index < -0.39 is 83.9 Å². The van der Waals surface area contributed by atoms with E-state index in [1.54, 1.807) is 12.2 Å². The summed E-state index contributed by atoms with van der Waals surface area (Å²) in [7, 11) is 1.04. The predicted octanol–water partition coefficient (Wildman–Crippen LogP) is 1.85. The van der Waals surface area contributed by atoms with Crippen LogP contribution in [0.3, 0.4) is 0 Å². The number of fused-ring (bicyclic) bond motifs is 3. The van der Waals surface area contributed by atoms with Crippen molar-refractivity contribution in [1.29, 1.82) is 0 Å². The summed E-state index contributed by atoms with van der Waals surface area (Å²) in [5.41, 5.74) is -2.53. The molecule has 2 aliphatic carbocycles. The number of alkyl halides is 6. The molecule has 5 rings (SSSR count). The average molecular weight is 500 g/mol. The molecule has 3 aliphatic heterocycles. The first kappa shape index (κ1) is 23.4. The van der Waals surface area contributed by atoms with Gasteiger partial charge in [0.15, 0.2) is 5.41 Å². The molecule has 8 nitrogen and oxygen atoms in total. The maximum atomic E-state index is 13.0. The van der Waals surface area contributed by atoms with E-state index in [1.165, 1.54) is 0 Å². The molecule has 4 bridgehead atoms. The summed E-state index contributed by atoms with van der Waals surface area (Å²) in [5, 5.41) is 0. The standard InChI is InChI=1S/C20H18F6O8/c1-30-13-8-5-9-12(11(8)32-14(27)7-4-6-2-3-10(7)31-6)33-16(28)18(9,13)17(29)34-15(19(21,22)23)20(24,25)26/h2-3,6-13,15H,4-5H2,1H3. The molecule has 2 saturated heterocycles. The number of carbonyl (C=O) groups is 3. The van der Waals surface area contributed by atoms with Crippen molar-refractivity contribution < 1.29 is 64.4 Å². The number of rotatable bonds is 5. The lowest BCUT2D eigenvalue weighted by Gasteiger charge is -2.37. The lowest BCUT2D eigenvalue weighted by atomic mass is 9.71. The molecular formula is C20H18F6O8. The predicted molar refractivity (Wildman–Crippen MR) is 92.5 cm³/mol. The molecular weight excluding hydrogens is 482 g/mol. The molecule has 188 valence electrons. The number of methoxy groups -OCH3 is 1. The van der Waals surface area contributed by atoms with Crippen LogP contribution in [0, 0.1) is 23.2 Å². The first-order valence-corrected chi connectivity index (χ1v) is 10.4. The topological polar surface area (TPSA) is 97.4 Å². The van der Waals surface area contributed by atoms with Crippen LogP contribution in [-0.4, -0.2) is 74.0 Å². The second kappa shape index (κ2) is 7.33. The first-order chi connectivity index (χ1) is 15.8. The molecule has 0 radical (unpaired) electrons. The SMILES string of the molecule is COC1C2CC3C(OC(=O)C31C(=O)OC(C(F)(F)F)C(F)(F)F)C2OC(=O)C1CC2C=CC1O2. The molecule has 9 unspecified atom stereocenters. The fraction of sp³-hybridized carbons (Fsp3) is 0.750. The van der Waals surface area contributed by atoms with Crippen molar-refractivity contribution in [3.05, 3.63) is 12.2 Å². The molecule has 3 heterocycles. The number of esters is 3. The van der Waals surface area contributed by atoms with Gasteiger partial charge in [-0.2, -0.15) is 26.3 Å². The summed E-state index contributed by atoms with van der Waals surface area (Å²) in [6.07, 6.45) is -17.0. The second-order valence-electron chi connectivity index (χ2n) is 9.04. The highest BCUT2D eigenvalue weighted by Gasteiger charge is 2.81. The van der Waals surface area contributed by atoms with Gasteiger partial charge in [0, 0.05) is 18.9 Å². The lowest BCUT2D eigenvalue weighted by Crippen LogP contribution is -2.58. The maximum absolute atomic E-state index is 13.0. The smallest absolute Gasteiger partial charge is 0.434 e.